The van der Waals surface area contributed by atoms with Crippen LogP contribution in [-0.2, 0) is 6.54 Å². The van der Waals surface area contributed by atoms with Crippen LogP contribution in [0.2, 0.25) is 5.02 Å². The molecule has 1 atom stereocenters. The standard InChI is InChI=1S/C15H14ClF2NO/c1-9(11-3-2-4-12(16)7-11)19-8-10-5-13(17)15(20)14(18)6-10/h2-7,9,19-20H,8H2,1H3/t9-/m0/s1. The minimum absolute atomic E-state index is 0.0198. The summed E-state index contributed by atoms with van der Waals surface area (Å²) in [6.45, 7) is 2.21. The first-order valence-corrected chi connectivity index (χ1v) is 6.51. The fourth-order valence-electron chi connectivity index (χ4n) is 1.88. The van der Waals surface area contributed by atoms with E-state index in [4.69, 9.17) is 16.7 Å². The Balaban J connectivity index is 2.05. The van der Waals surface area contributed by atoms with Gasteiger partial charge < -0.3 is 10.4 Å². The number of benzene rings is 2. The molecule has 0 unspecified atom stereocenters. The number of rotatable bonds is 4. The van der Waals surface area contributed by atoms with Crippen molar-refractivity contribution in [2.24, 2.45) is 0 Å². The van der Waals surface area contributed by atoms with Gasteiger partial charge in [-0.15, -0.1) is 0 Å². The molecule has 2 aromatic rings. The molecule has 2 nitrogen and oxygen atoms in total. The zero-order valence-corrected chi connectivity index (χ0v) is 11.6. The molecular weight excluding hydrogens is 284 g/mol. The molecule has 0 aliphatic carbocycles. The summed E-state index contributed by atoms with van der Waals surface area (Å²) in [6.07, 6.45) is 0. The van der Waals surface area contributed by atoms with Crippen molar-refractivity contribution in [3.8, 4) is 5.75 Å². The summed E-state index contributed by atoms with van der Waals surface area (Å²) in [5, 5.41) is 12.8. The number of aromatic hydroxyl groups is 1. The summed E-state index contributed by atoms with van der Waals surface area (Å²) in [6, 6.07) is 9.57. The highest BCUT2D eigenvalue weighted by atomic mass is 35.5. The van der Waals surface area contributed by atoms with Gasteiger partial charge in [0.05, 0.1) is 0 Å². The Hall–Kier alpha value is -1.65. The Morgan fingerprint density at radius 1 is 1.20 bits per heavy atom. The molecule has 2 rings (SSSR count). The number of phenols is 1. The third kappa shape index (κ3) is 3.46. The Labute approximate surface area is 121 Å². The molecule has 0 saturated carbocycles. The van der Waals surface area contributed by atoms with E-state index in [0.29, 0.717) is 10.6 Å². The average Bonchev–Trinajstić information content (AvgIpc) is 2.42. The zero-order valence-electron chi connectivity index (χ0n) is 10.8. The van der Waals surface area contributed by atoms with Gasteiger partial charge in [-0.3, -0.25) is 0 Å². The third-order valence-electron chi connectivity index (χ3n) is 3.04. The first kappa shape index (κ1) is 14.8. The van der Waals surface area contributed by atoms with Crippen LogP contribution in [0.5, 0.6) is 5.75 Å². The second kappa shape index (κ2) is 6.20. The van der Waals surface area contributed by atoms with Crippen molar-refractivity contribution in [1.82, 2.24) is 5.32 Å². The smallest absolute Gasteiger partial charge is 0.187 e. The van der Waals surface area contributed by atoms with Crippen LogP contribution in [0.25, 0.3) is 0 Å². The van der Waals surface area contributed by atoms with E-state index < -0.39 is 17.4 Å². The van der Waals surface area contributed by atoms with Crippen molar-refractivity contribution in [2.75, 3.05) is 0 Å². The van der Waals surface area contributed by atoms with Gasteiger partial charge in [0.25, 0.3) is 0 Å². The lowest BCUT2D eigenvalue weighted by Gasteiger charge is -2.15. The van der Waals surface area contributed by atoms with Crippen LogP contribution in [-0.4, -0.2) is 5.11 Å². The Kier molecular flexibility index (Phi) is 4.57. The summed E-state index contributed by atoms with van der Waals surface area (Å²) in [7, 11) is 0. The van der Waals surface area contributed by atoms with Gasteiger partial charge >= 0.3 is 0 Å². The highest BCUT2D eigenvalue weighted by Gasteiger charge is 2.11. The minimum Gasteiger partial charge on any atom is -0.503 e. The van der Waals surface area contributed by atoms with Crippen LogP contribution in [0.4, 0.5) is 8.78 Å². The monoisotopic (exact) mass is 297 g/mol. The first-order valence-electron chi connectivity index (χ1n) is 6.13. The molecule has 106 valence electrons. The van der Waals surface area contributed by atoms with Crippen molar-refractivity contribution in [3.63, 3.8) is 0 Å². The lowest BCUT2D eigenvalue weighted by Crippen LogP contribution is -2.18. The normalized spacial score (nSPS) is 12.4. The molecule has 2 N–H and O–H groups in total. The summed E-state index contributed by atoms with van der Waals surface area (Å²) in [5.41, 5.74) is 1.41. The number of halogens is 3. The molecule has 0 amide bonds. The Bertz CT molecular complexity index is 596. The molecule has 0 radical (unpaired) electrons. The predicted molar refractivity (Wildman–Crippen MR) is 74.7 cm³/mol. The van der Waals surface area contributed by atoms with Gasteiger partial charge in [-0.05, 0) is 42.3 Å². The fraction of sp³-hybridized carbons (Fsp3) is 0.200. The van der Waals surface area contributed by atoms with Crippen LogP contribution < -0.4 is 5.32 Å². The fourth-order valence-corrected chi connectivity index (χ4v) is 2.08. The first-order chi connectivity index (χ1) is 9.47. The maximum Gasteiger partial charge on any atom is 0.187 e. The summed E-state index contributed by atoms with van der Waals surface area (Å²) in [5.74, 6) is -2.87. The van der Waals surface area contributed by atoms with Gasteiger partial charge in [0.15, 0.2) is 17.4 Å². The molecule has 0 saturated heterocycles. The highest BCUT2D eigenvalue weighted by molar-refractivity contribution is 6.30. The third-order valence-corrected chi connectivity index (χ3v) is 3.27. The van der Waals surface area contributed by atoms with Gasteiger partial charge in [-0.2, -0.15) is 0 Å². The number of hydrogen-bond acceptors (Lipinski definition) is 2. The van der Waals surface area contributed by atoms with Crippen LogP contribution >= 0.6 is 11.6 Å². The number of nitrogens with one attached hydrogen (secondary N) is 1. The van der Waals surface area contributed by atoms with Crippen molar-refractivity contribution in [3.05, 3.63) is 64.2 Å². The number of phenolic OH excluding ortho intramolecular Hbond substituents is 1. The van der Waals surface area contributed by atoms with Crippen LogP contribution in [0.3, 0.4) is 0 Å². The Morgan fingerprint density at radius 2 is 1.85 bits per heavy atom. The van der Waals surface area contributed by atoms with E-state index >= 15 is 0 Å². The van der Waals surface area contributed by atoms with Gasteiger partial charge in [0, 0.05) is 17.6 Å². The molecule has 0 heterocycles. The van der Waals surface area contributed by atoms with E-state index in [1.165, 1.54) is 0 Å². The molecular formula is C15H14ClF2NO. The lowest BCUT2D eigenvalue weighted by molar-refractivity contribution is 0.394. The van der Waals surface area contributed by atoms with Crippen molar-refractivity contribution < 1.29 is 13.9 Å². The van der Waals surface area contributed by atoms with E-state index in [1.807, 2.05) is 25.1 Å². The van der Waals surface area contributed by atoms with Crippen LogP contribution in [0, 0.1) is 11.6 Å². The number of hydrogen-bond donors (Lipinski definition) is 2. The second-order valence-corrected chi connectivity index (χ2v) is 5.00. The maximum atomic E-state index is 13.2. The summed E-state index contributed by atoms with van der Waals surface area (Å²) >= 11 is 5.91. The van der Waals surface area contributed by atoms with E-state index in [-0.39, 0.29) is 12.6 Å². The van der Waals surface area contributed by atoms with E-state index in [9.17, 15) is 8.78 Å². The van der Waals surface area contributed by atoms with Gasteiger partial charge in [-0.25, -0.2) is 8.78 Å². The molecule has 20 heavy (non-hydrogen) atoms. The largest absolute Gasteiger partial charge is 0.503 e. The second-order valence-electron chi connectivity index (χ2n) is 4.57. The van der Waals surface area contributed by atoms with E-state index in [1.54, 1.807) is 6.07 Å². The Morgan fingerprint density at radius 3 is 2.45 bits per heavy atom. The molecule has 0 spiro atoms. The predicted octanol–water partition coefficient (Wildman–Crippen LogP) is 4.17. The van der Waals surface area contributed by atoms with Crippen LogP contribution in [0.1, 0.15) is 24.1 Å². The van der Waals surface area contributed by atoms with Crippen LogP contribution in [0.15, 0.2) is 36.4 Å². The van der Waals surface area contributed by atoms with E-state index in [2.05, 4.69) is 5.32 Å². The van der Waals surface area contributed by atoms with E-state index in [0.717, 1.165) is 17.7 Å². The zero-order chi connectivity index (χ0) is 14.7. The molecule has 0 aromatic heterocycles. The van der Waals surface area contributed by atoms with Gasteiger partial charge in [-0.1, -0.05) is 23.7 Å². The van der Waals surface area contributed by atoms with Crippen molar-refractivity contribution in [1.29, 1.82) is 0 Å². The summed E-state index contributed by atoms with van der Waals surface area (Å²) < 4.78 is 26.4. The molecule has 5 heteroatoms. The average molecular weight is 298 g/mol. The molecule has 0 aliphatic rings. The molecule has 0 fully saturated rings. The van der Waals surface area contributed by atoms with Crippen molar-refractivity contribution >= 4 is 11.6 Å². The maximum absolute atomic E-state index is 13.2. The molecule has 2 aromatic carbocycles. The molecule has 0 bridgehead atoms. The molecule has 0 aliphatic heterocycles. The SMILES string of the molecule is C[C@H](NCc1cc(F)c(O)c(F)c1)c1cccc(Cl)c1. The minimum atomic E-state index is -0.961. The van der Waals surface area contributed by atoms with Gasteiger partial charge in [0.1, 0.15) is 0 Å². The van der Waals surface area contributed by atoms with Crippen molar-refractivity contribution in [2.45, 2.75) is 19.5 Å². The quantitative estimate of drug-likeness (QED) is 0.887. The topological polar surface area (TPSA) is 32.3 Å². The van der Waals surface area contributed by atoms with Gasteiger partial charge in [0.2, 0.25) is 0 Å². The lowest BCUT2D eigenvalue weighted by atomic mass is 10.1. The summed E-state index contributed by atoms with van der Waals surface area (Å²) in [4.78, 5) is 0. The highest BCUT2D eigenvalue weighted by Crippen LogP contribution is 2.22.